The van der Waals surface area contributed by atoms with Gasteiger partial charge in [-0.1, -0.05) is 5.21 Å². The first-order valence-electron chi connectivity index (χ1n) is 6.84. The zero-order chi connectivity index (χ0) is 14.9. The number of ether oxygens (including phenoxy) is 1. The van der Waals surface area contributed by atoms with Gasteiger partial charge in [0.25, 0.3) is 0 Å². The van der Waals surface area contributed by atoms with Crippen molar-refractivity contribution in [2.75, 3.05) is 0 Å². The topological polar surface area (TPSA) is 89.3 Å². The fourth-order valence-electron chi connectivity index (χ4n) is 2.06. The summed E-state index contributed by atoms with van der Waals surface area (Å²) in [7, 11) is 0. The summed E-state index contributed by atoms with van der Waals surface area (Å²) in [5.74, 6) is 0. The fraction of sp³-hybridized carbons (Fsp3) is 0.769. The number of carbonyl (C=O) groups excluding carboxylic acids is 1. The molecule has 2 N–H and O–H groups in total. The normalized spacial score (nSPS) is 23.9. The Kier molecular flexibility index (Phi) is 3.99. The smallest absolute Gasteiger partial charge is 0.407 e. The van der Waals surface area contributed by atoms with Gasteiger partial charge < -0.3 is 15.2 Å². The first kappa shape index (κ1) is 14.8. The van der Waals surface area contributed by atoms with Crippen molar-refractivity contribution in [3.05, 3.63) is 11.9 Å². The first-order chi connectivity index (χ1) is 9.24. The number of nitrogens with zero attached hydrogens (tertiary/aromatic N) is 3. The van der Waals surface area contributed by atoms with Crippen molar-refractivity contribution in [2.45, 2.75) is 64.3 Å². The van der Waals surface area contributed by atoms with E-state index in [4.69, 9.17) is 4.74 Å². The lowest BCUT2D eigenvalue weighted by atomic mass is 9.87. The van der Waals surface area contributed by atoms with E-state index in [2.05, 4.69) is 15.6 Å². The van der Waals surface area contributed by atoms with E-state index in [-0.39, 0.29) is 18.2 Å². The molecule has 1 saturated carbocycles. The predicted molar refractivity (Wildman–Crippen MR) is 72.1 cm³/mol. The molecule has 0 saturated heterocycles. The Labute approximate surface area is 118 Å². The van der Waals surface area contributed by atoms with Crippen LogP contribution in [0.25, 0.3) is 0 Å². The number of aliphatic hydroxyl groups is 1. The minimum Gasteiger partial charge on any atom is -0.444 e. The molecule has 2 rings (SSSR count). The van der Waals surface area contributed by atoms with Gasteiger partial charge in [0.05, 0.1) is 18.3 Å². The summed E-state index contributed by atoms with van der Waals surface area (Å²) in [4.78, 5) is 11.6. The standard InChI is InChI=1S/C13H22N4O3/c1-8(18)11-7-17(16-15-11)10-5-9(6-10)14-12(19)20-13(2,3)4/h7-10,18H,5-6H2,1-4H3,(H,14,19). The predicted octanol–water partition coefficient (Wildman–Crippen LogP) is 1.56. The number of rotatable bonds is 3. The molecule has 112 valence electrons. The molecular formula is C13H22N4O3. The van der Waals surface area contributed by atoms with E-state index in [0.29, 0.717) is 5.69 Å². The Morgan fingerprint density at radius 3 is 2.70 bits per heavy atom. The van der Waals surface area contributed by atoms with Crippen LogP contribution in [0, 0.1) is 0 Å². The molecule has 1 aliphatic rings. The number of aromatic nitrogens is 3. The lowest BCUT2D eigenvalue weighted by Crippen LogP contribution is -2.46. The Morgan fingerprint density at radius 1 is 1.55 bits per heavy atom. The van der Waals surface area contributed by atoms with E-state index in [9.17, 15) is 9.90 Å². The van der Waals surface area contributed by atoms with Crippen molar-refractivity contribution in [2.24, 2.45) is 0 Å². The average Bonchev–Trinajstić information content (AvgIpc) is 2.68. The molecular weight excluding hydrogens is 260 g/mol. The van der Waals surface area contributed by atoms with Crippen LogP contribution in [0.5, 0.6) is 0 Å². The SMILES string of the molecule is CC(O)c1cn(C2CC(NC(=O)OC(C)(C)C)C2)nn1. The molecule has 1 aromatic heterocycles. The van der Waals surface area contributed by atoms with Crippen molar-refractivity contribution in [1.29, 1.82) is 0 Å². The van der Waals surface area contributed by atoms with Gasteiger partial charge in [0, 0.05) is 6.04 Å². The zero-order valence-electron chi connectivity index (χ0n) is 12.3. The Balaban J connectivity index is 1.78. The van der Waals surface area contributed by atoms with E-state index in [1.165, 1.54) is 0 Å². The maximum atomic E-state index is 11.6. The molecule has 0 spiro atoms. The number of hydrogen-bond donors (Lipinski definition) is 2. The van der Waals surface area contributed by atoms with Crippen LogP contribution in [-0.2, 0) is 4.74 Å². The molecule has 1 fully saturated rings. The zero-order valence-corrected chi connectivity index (χ0v) is 12.3. The Hall–Kier alpha value is -1.63. The lowest BCUT2D eigenvalue weighted by molar-refractivity contribution is 0.0452. The minimum atomic E-state index is -0.612. The molecule has 1 aliphatic carbocycles. The van der Waals surface area contributed by atoms with Gasteiger partial charge in [-0.3, -0.25) is 0 Å². The molecule has 1 aromatic rings. The van der Waals surface area contributed by atoms with Crippen LogP contribution in [0.4, 0.5) is 4.79 Å². The van der Waals surface area contributed by atoms with Crippen molar-refractivity contribution in [3.8, 4) is 0 Å². The minimum absolute atomic E-state index is 0.106. The lowest BCUT2D eigenvalue weighted by Gasteiger charge is -2.35. The van der Waals surface area contributed by atoms with Gasteiger partial charge in [-0.25, -0.2) is 9.48 Å². The van der Waals surface area contributed by atoms with E-state index in [1.807, 2.05) is 20.8 Å². The van der Waals surface area contributed by atoms with Crippen LogP contribution in [-0.4, -0.2) is 37.8 Å². The molecule has 1 amide bonds. The molecule has 0 aliphatic heterocycles. The largest absolute Gasteiger partial charge is 0.444 e. The highest BCUT2D eigenvalue weighted by Gasteiger charge is 2.33. The summed E-state index contributed by atoms with van der Waals surface area (Å²) in [5.41, 5.74) is 0.0826. The molecule has 7 nitrogen and oxygen atoms in total. The van der Waals surface area contributed by atoms with Crippen molar-refractivity contribution >= 4 is 6.09 Å². The van der Waals surface area contributed by atoms with Gasteiger partial charge in [0.15, 0.2) is 0 Å². The molecule has 0 bridgehead atoms. The number of amides is 1. The van der Waals surface area contributed by atoms with Gasteiger partial charge in [-0.05, 0) is 40.5 Å². The van der Waals surface area contributed by atoms with Gasteiger partial charge in [-0.15, -0.1) is 5.10 Å². The Morgan fingerprint density at radius 2 is 2.20 bits per heavy atom. The van der Waals surface area contributed by atoms with Crippen molar-refractivity contribution in [1.82, 2.24) is 20.3 Å². The molecule has 20 heavy (non-hydrogen) atoms. The maximum absolute atomic E-state index is 11.6. The third-order valence-corrected chi connectivity index (χ3v) is 3.16. The van der Waals surface area contributed by atoms with E-state index in [1.54, 1.807) is 17.8 Å². The van der Waals surface area contributed by atoms with Crippen LogP contribution in [0.3, 0.4) is 0 Å². The van der Waals surface area contributed by atoms with E-state index in [0.717, 1.165) is 12.8 Å². The third kappa shape index (κ3) is 3.69. The quantitative estimate of drug-likeness (QED) is 0.878. The van der Waals surface area contributed by atoms with E-state index < -0.39 is 11.7 Å². The van der Waals surface area contributed by atoms with Gasteiger partial charge >= 0.3 is 6.09 Å². The molecule has 0 radical (unpaired) electrons. The van der Waals surface area contributed by atoms with Crippen LogP contribution < -0.4 is 5.32 Å². The molecule has 7 heteroatoms. The van der Waals surface area contributed by atoms with Crippen LogP contribution in [0.1, 0.15) is 58.4 Å². The monoisotopic (exact) mass is 282 g/mol. The van der Waals surface area contributed by atoms with Crippen molar-refractivity contribution in [3.63, 3.8) is 0 Å². The molecule has 1 heterocycles. The number of aliphatic hydroxyl groups excluding tert-OH is 1. The number of alkyl carbamates (subject to hydrolysis) is 1. The van der Waals surface area contributed by atoms with E-state index >= 15 is 0 Å². The highest BCUT2D eigenvalue weighted by Crippen LogP contribution is 2.32. The second-order valence-corrected chi connectivity index (χ2v) is 6.27. The van der Waals surface area contributed by atoms with Crippen LogP contribution in [0.15, 0.2) is 6.20 Å². The summed E-state index contributed by atoms with van der Waals surface area (Å²) in [5, 5.41) is 20.1. The fourth-order valence-corrected chi connectivity index (χ4v) is 2.06. The highest BCUT2D eigenvalue weighted by molar-refractivity contribution is 5.68. The summed E-state index contributed by atoms with van der Waals surface area (Å²) < 4.78 is 6.95. The summed E-state index contributed by atoms with van der Waals surface area (Å²) in [6, 6.07) is 0.323. The summed E-state index contributed by atoms with van der Waals surface area (Å²) >= 11 is 0. The number of carbonyl (C=O) groups is 1. The Bertz CT molecular complexity index is 472. The van der Waals surface area contributed by atoms with Crippen LogP contribution in [0.2, 0.25) is 0 Å². The second kappa shape index (κ2) is 5.40. The third-order valence-electron chi connectivity index (χ3n) is 3.16. The average molecular weight is 282 g/mol. The first-order valence-corrected chi connectivity index (χ1v) is 6.84. The summed E-state index contributed by atoms with van der Waals surface area (Å²) in [6.45, 7) is 7.16. The molecule has 0 aromatic carbocycles. The van der Waals surface area contributed by atoms with Crippen molar-refractivity contribution < 1.29 is 14.6 Å². The highest BCUT2D eigenvalue weighted by atomic mass is 16.6. The maximum Gasteiger partial charge on any atom is 0.407 e. The van der Waals surface area contributed by atoms with Gasteiger partial charge in [0.2, 0.25) is 0 Å². The molecule has 1 atom stereocenters. The second-order valence-electron chi connectivity index (χ2n) is 6.27. The number of hydrogen-bond acceptors (Lipinski definition) is 5. The molecule has 1 unspecified atom stereocenters. The number of nitrogens with one attached hydrogen (secondary N) is 1. The van der Waals surface area contributed by atoms with Crippen LogP contribution >= 0.6 is 0 Å². The van der Waals surface area contributed by atoms with Gasteiger partial charge in [-0.2, -0.15) is 0 Å². The summed E-state index contributed by atoms with van der Waals surface area (Å²) in [6.07, 6.45) is 2.34. The van der Waals surface area contributed by atoms with Gasteiger partial charge in [0.1, 0.15) is 11.3 Å².